The van der Waals surface area contributed by atoms with Gasteiger partial charge in [-0.05, 0) is 28.4 Å². The van der Waals surface area contributed by atoms with Crippen molar-refractivity contribution in [2.45, 2.75) is 26.4 Å². The van der Waals surface area contributed by atoms with Gasteiger partial charge in [0.05, 0.1) is 6.20 Å². The highest BCUT2D eigenvalue weighted by atomic mass is 79.9. The molecule has 0 bridgehead atoms. The summed E-state index contributed by atoms with van der Waals surface area (Å²) in [6.07, 6.45) is 5.51. The lowest BCUT2D eigenvalue weighted by molar-refractivity contribution is 0.0562. The Kier molecular flexibility index (Phi) is 3.56. The molecule has 0 saturated carbocycles. The Morgan fingerprint density at radius 3 is 2.71 bits per heavy atom. The lowest BCUT2D eigenvalue weighted by Gasteiger charge is -1.95. The van der Waals surface area contributed by atoms with Crippen molar-refractivity contribution in [1.29, 1.82) is 0 Å². The molecular weight excluding hydrogens is 294 g/mol. The van der Waals surface area contributed by atoms with Gasteiger partial charge in [-0.2, -0.15) is 19.0 Å². The Labute approximate surface area is 105 Å². The maximum Gasteiger partial charge on any atom is 0.333 e. The Morgan fingerprint density at radius 1 is 1.41 bits per heavy atom. The summed E-state index contributed by atoms with van der Waals surface area (Å²) >= 11 is 3.17. The normalized spacial score (nSPS) is 11.4. The molecule has 2 rings (SSSR count). The fraction of sp³-hybridized carbons (Fsp3) is 0.400. The van der Waals surface area contributed by atoms with Gasteiger partial charge < -0.3 is 0 Å². The number of halogens is 3. The van der Waals surface area contributed by atoms with Gasteiger partial charge in [0.25, 0.3) is 0 Å². The highest BCUT2D eigenvalue weighted by Gasteiger charge is 2.13. The number of hydrogen-bond acceptors (Lipinski definition) is 2. The molecule has 0 N–H and O–H groups in total. The number of nitrogens with zero attached hydrogens (tertiary/aromatic N) is 4. The average Bonchev–Trinajstić information content (AvgIpc) is 2.87. The molecule has 2 aromatic heterocycles. The summed E-state index contributed by atoms with van der Waals surface area (Å²) in [5.41, 5.74) is 1.70. The molecule has 0 saturated heterocycles. The van der Waals surface area contributed by atoms with Gasteiger partial charge in [0, 0.05) is 30.9 Å². The van der Waals surface area contributed by atoms with E-state index in [-0.39, 0.29) is 0 Å². The molecule has 2 aromatic rings. The van der Waals surface area contributed by atoms with Gasteiger partial charge in [-0.25, -0.2) is 4.68 Å². The van der Waals surface area contributed by atoms with Crippen LogP contribution in [0.3, 0.4) is 0 Å². The Bertz CT molecular complexity index is 506. The second kappa shape index (κ2) is 4.95. The molecule has 17 heavy (non-hydrogen) atoms. The largest absolute Gasteiger partial charge is 0.333 e. The fourth-order valence-electron chi connectivity index (χ4n) is 1.52. The minimum Gasteiger partial charge on any atom is -0.273 e. The lowest BCUT2D eigenvalue weighted by Crippen LogP contribution is -1.97. The summed E-state index contributed by atoms with van der Waals surface area (Å²) in [6.45, 7) is 0.164. The molecule has 0 aliphatic heterocycles. The maximum atomic E-state index is 12.4. The standard InChI is InChI=1S/C10H11BrF2N4/c1-2-16-5-7(4-14-16)3-8-6-17(10(12)13)15-9(8)11/h4-6,10H,2-3H2,1H3. The van der Waals surface area contributed by atoms with Gasteiger partial charge in [-0.15, -0.1) is 0 Å². The van der Waals surface area contributed by atoms with Gasteiger partial charge >= 0.3 is 6.55 Å². The first kappa shape index (κ1) is 12.2. The second-order valence-corrected chi connectivity index (χ2v) is 4.34. The minimum atomic E-state index is -2.61. The summed E-state index contributed by atoms with van der Waals surface area (Å²) in [7, 11) is 0. The topological polar surface area (TPSA) is 35.6 Å². The number of aryl methyl sites for hydroxylation is 1. The van der Waals surface area contributed by atoms with Crippen molar-refractivity contribution in [1.82, 2.24) is 19.6 Å². The third-order valence-electron chi connectivity index (χ3n) is 2.36. The van der Waals surface area contributed by atoms with Crippen LogP contribution in [0.2, 0.25) is 0 Å². The van der Waals surface area contributed by atoms with Crippen molar-refractivity contribution in [2.75, 3.05) is 0 Å². The molecule has 0 aliphatic carbocycles. The monoisotopic (exact) mass is 304 g/mol. The van der Waals surface area contributed by atoms with E-state index in [4.69, 9.17) is 0 Å². The third-order valence-corrected chi connectivity index (χ3v) is 3.03. The minimum absolute atomic E-state index is 0.446. The Hall–Kier alpha value is -1.24. The molecule has 0 atom stereocenters. The van der Waals surface area contributed by atoms with Crippen LogP contribution in [0, 0.1) is 0 Å². The van der Waals surface area contributed by atoms with Crippen molar-refractivity contribution in [3.8, 4) is 0 Å². The molecule has 0 fully saturated rings. The maximum absolute atomic E-state index is 12.4. The Morgan fingerprint density at radius 2 is 2.18 bits per heavy atom. The van der Waals surface area contributed by atoms with Crippen LogP contribution in [-0.2, 0) is 13.0 Å². The van der Waals surface area contributed by atoms with Crippen molar-refractivity contribution in [3.63, 3.8) is 0 Å². The zero-order chi connectivity index (χ0) is 12.4. The molecule has 0 spiro atoms. The molecule has 92 valence electrons. The predicted octanol–water partition coefficient (Wildman–Crippen LogP) is 2.85. The number of alkyl halides is 2. The van der Waals surface area contributed by atoms with E-state index in [1.54, 1.807) is 10.9 Å². The van der Waals surface area contributed by atoms with Gasteiger partial charge in [-0.1, -0.05) is 0 Å². The van der Waals surface area contributed by atoms with Crippen LogP contribution in [0.1, 0.15) is 24.6 Å². The summed E-state index contributed by atoms with van der Waals surface area (Å²) in [6, 6.07) is 0. The predicted molar refractivity (Wildman–Crippen MR) is 61.9 cm³/mol. The van der Waals surface area contributed by atoms with Crippen molar-refractivity contribution in [2.24, 2.45) is 0 Å². The first-order valence-corrected chi connectivity index (χ1v) is 5.92. The van der Waals surface area contributed by atoms with Crippen molar-refractivity contribution < 1.29 is 8.78 Å². The van der Waals surface area contributed by atoms with E-state index in [9.17, 15) is 8.78 Å². The van der Waals surface area contributed by atoms with Crippen LogP contribution in [0.25, 0.3) is 0 Å². The highest BCUT2D eigenvalue weighted by Crippen LogP contribution is 2.21. The molecule has 0 radical (unpaired) electrons. The fourth-order valence-corrected chi connectivity index (χ4v) is 1.94. The third kappa shape index (κ3) is 2.71. The van der Waals surface area contributed by atoms with E-state index in [0.29, 0.717) is 15.7 Å². The van der Waals surface area contributed by atoms with Crippen LogP contribution in [0.4, 0.5) is 8.78 Å². The second-order valence-electron chi connectivity index (χ2n) is 3.58. The van der Waals surface area contributed by atoms with Crippen LogP contribution < -0.4 is 0 Å². The van der Waals surface area contributed by atoms with E-state index in [1.165, 1.54) is 6.20 Å². The molecule has 2 heterocycles. The molecule has 0 unspecified atom stereocenters. The van der Waals surface area contributed by atoms with Crippen LogP contribution in [-0.4, -0.2) is 19.6 Å². The highest BCUT2D eigenvalue weighted by molar-refractivity contribution is 9.10. The van der Waals surface area contributed by atoms with Gasteiger partial charge in [-0.3, -0.25) is 4.68 Å². The quantitative estimate of drug-likeness (QED) is 0.871. The number of aromatic nitrogens is 4. The van der Waals surface area contributed by atoms with Crippen LogP contribution in [0.15, 0.2) is 23.2 Å². The van der Waals surface area contributed by atoms with Crippen LogP contribution >= 0.6 is 15.9 Å². The van der Waals surface area contributed by atoms with Gasteiger partial charge in [0.2, 0.25) is 0 Å². The SMILES string of the molecule is CCn1cc(Cc2cn(C(F)F)nc2Br)cn1. The molecule has 0 aromatic carbocycles. The van der Waals surface area contributed by atoms with Crippen molar-refractivity contribution >= 4 is 15.9 Å². The number of rotatable bonds is 4. The van der Waals surface area contributed by atoms with E-state index in [0.717, 1.165) is 17.7 Å². The van der Waals surface area contributed by atoms with Crippen molar-refractivity contribution in [3.05, 3.63) is 34.3 Å². The molecule has 4 nitrogen and oxygen atoms in total. The van der Waals surface area contributed by atoms with Crippen LogP contribution in [0.5, 0.6) is 0 Å². The summed E-state index contributed by atoms with van der Waals surface area (Å²) in [4.78, 5) is 0. The number of hydrogen-bond donors (Lipinski definition) is 0. The zero-order valence-corrected chi connectivity index (χ0v) is 10.7. The molecule has 0 aliphatic rings. The van der Waals surface area contributed by atoms with E-state index in [1.807, 2.05) is 13.1 Å². The Balaban J connectivity index is 2.17. The van der Waals surface area contributed by atoms with E-state index >= 15 is 0 Å². The van der Waals surface area contributed by atoms with Gasteiger partial charge in [0.15, 0.2) is 0 Å². The molecule has 0 amide bonds. The van der Waals surface area contributed by atoms with Gasteiger partial charge in [0.1, 0.15) is 4.60 Å². The first-order valence-electron chi connectivity index (χ1n) is 5.13. The van der Waals surface area contributed by atoms with E-state index < -0.39 is 6.55 Å². The summed E-state index contributed by atoms with van der Waals surface area (Å²) < 4.78 is 27.7. The first-order chi connectivity index (χ1) is 8.10. The smallest absolute Gasteiger partial charge is 0.273 e. The molecular formula is C10H11BrF2N4. The summed E-state index contributed by atoms with van der Waals surface area (Å²) in [5.74, 6) is 0. The average molecular weight is 305 g/mol. The zero-order valence-electron chi connectivity index (χ0n) is 9.15. The lowest BCUT2D eigenvalue weighted by atomic mass is 10.2. The summed E-state index contributed by atoms with van der Waals surface area (Å²) in [5, 5.41) is 7.82. The molecule has 7 heteroatoms. The van der Waals surface area contributed by atoms with E-state index in [2.05, 4.69) is 26.1 Å².